The molecule has 1 nitrogen and oxygen atoms in total. The smallest absolute Gasteiger partial charge is 0.150 e. The summed E-state index contributed by atoms with van der Waals surface area (Å²) in [7, 11) is 0. The van der Waals surface area contributed by atoms with Crippen LogP contribution in [0.4, 0.5) is 0 Å². The normalized spacial score (nSPS) is 10.2. The summed E-state index contributed by atoms with van der Waals surface area (Å²) < 4.78 is 0. The van der Waals surface area contributed by atoms with E-state index in [0.29, 0.717) is 5.56 Å². The fourth-order valence-corrected chi connectivity index (χ4v) is 1.46. The molecule has 0 atom stereocenters. The molecular formula is C12H9O. The van der Waals surface area contributed by atoms with E-state index in [-0.39, 0.29) is 0 Å². The highest BCUT2D eigenvalue weighted by molar-refractivity contribution is 5.93. The third-order valence-corrected chi connectivity index (χ3v) is 2.20. The molecule has 0 N–H and O–H groups in total. The molecule has 0 aromatic heterocycles. The van der Waals surface area contributed by atoms with Crippen molar-refractivity contribution < 1.29 is 4.79 Å². The first kappa shape index (κ1) is 7.99. The van der Waals surface area contributed by atoms with Crippen LogP contribution in [0.1, 0.15) is 15.9 Å². The first-order valence-electron chi connectivity index (χ1n) is 4.12. The zero-order valence-corrected chi connectivity index (χ0v) is 7.16. The molecule has 2 aromatic rings. The van der Waals surface area contributed by atoms with Crippen molar-refractivity contribution in [2.24, 2.45) is 0 Å². The Morgan fingerprint density at radius 2 is 1.85 bits per heavy atom. The molecule has 2 aromatic carbocycles. The topological polar surface area (TPSA) is 17.1 Å². The van der Waals surface area contributed by atoms with E-state index < -0.39 is 0 Å². The number of fused-ring (bicyclic) bond motifs is 1. The van der Waals surface area contributed by atoms with Gasteiger partial charge in [-0.1, -0.05) is 36.4 Å². The molecular weight excluding hydrogens is 160 g/mol. The molecule has 13 heavy (non-hydrogen) atoms. The van der Waals surface area contributed by atoms with Crippen molar-refractivity contribution in [1.82, 2.24) is 0 Å². The van der Waals surface area contributed by atoms with Crippen LogP contribution in [-0.2, 0) is 0 Å². The van der Waals surface area contributed by atoms with Crippen LogP contribution in [0.2, 0.25) is 0 Å². The Bertz CT molecular complexity index is 458. The summed E-state index contributed by atoms with van der Waals surface area (Å²) in [6.45, 7) is 3.89. The lowest BCUT2D eigenvalue weighted by Gasteiger charge is -2.03. The first-order valence-corrected chi connectivity index (χ1v) is 4.12. The van der Waals surface area contributed by atoms with E-state index in [4.69, 9.17) is 0 Å². The molecule has 0 heterocycles. The van der Waals surface area contributed by atoms with Gasteiger partial charge in [0.25, 0.3) is 0 Å². The monoisotopic (exact) mass is 169 g/mol. The molecule has 63 valence electrons. The molecule has 0 saturated carbocycles. The molecule has 0 bridgehead atoms. The molecule has 1 radical (unpaired) electrons. The predicted molar refractivity (Wildman–Crippen MR) is 53.8 cm³/mol. The summed E-state index contributed by atoms with van der Waals surface area (Å²) in [4.78, 5) is 10.6. The van der Waals surface area contributed by atoms with Crippen LogP contribution in [0.5, 0.6) is 0 Å². The van der Waals surface area contributed by atoms with Crippen LogP contribution in [-0.4, -0.2) is 6.29 Å². The molecule has 0 aliphatic heterocycles. The summed E-state index contributed by atoms with van der Waals surface area (Å²) in [5.41, 5.74) is 1.48. The van der Waals surface area contributed by atoms with Crippen LogP contribution in [0.15, 0.2) is 36.4 Å². The minimum Gasteiger partial charge on any atom is -0.298 e. The molecule has 1 heteroatoms. The summed E-state index contributed by atoms with van der Waals surface area (Å²) in [6.07, 6.45) is 0.842. The molecule has 0 fully saturated rings. The van der Waals surface area contributed by atoms with Crippen LogP contribution in [0, 0.1) is 6.92 Å². The van der Waals surface area contributed by atoms with Gasteiger partial charge >= 0.3 is 0 Å². The van der Waals surface area contributed by atoms with Crippen LogP contribution in [0.25, 0.3) is 10.8 Å². The summed E-state index contributed by atoms with van der Waals surface area (Å²) in [5, 5.41) is 2.17. The Hall–Kier alpha value is -1.63. The van der Waals surface area contributed by atoms with Gasteiger partial charge in [-0.25, -0.2) is 0 Å². The van der Waals surface area contributed by atoms with Gasteiger partial charge in [-0.3, -0.25) is 4.79 Å². The minimum absolute atomic E-state index is 0.665. The summed E-state index contributed by atoms with van der Waals surface area (Å²) >= 11 is 0. The lowest BCUT2D eigenvalue weighted by molar-refractivity contribution is 0.112. The highest BCUT2D eigenvalue weighted by Gasteiger charge is 2.00. The van der Waals surface area contributed by atoms with Gasteiger partial charge in [0.1, 0.15) is 6.29 Å². The van der Waals surface area contributed by atoms with E-state index in [1.54, 1.807) is 6.07 Å². The number of rotatable bonds is 1. The molecule has 2 rings (SSSR count). The van der Waals surface area contributed by atoms with Gasteiger partial charge in [0.2, 0.25) is 0 Å². The lowest BCUT2D eigenvalue weighted by atomic mass is 10.0. The van der Waals surface area contributed by atoms with Gasteiger partial charge in [-0.05, 0) is 23.3 Å². The van der Waals surface area contributed by atoms with Crippen LogP contribution >= 0.6 is 0 Å². The fraction of sp³-hybridized carbons (Fsp3) is 0. The van der Waals surface area contributed by atoms with Crippen molar-refractivity contribution in [3.8, 4) is 0 Å². The summed E-state index contributed by atoms with van der Waals surface area (Å²) in [5.74, 6) is 0. The van der Waals surface area contributed by atoms with Gasteiger partial charge < -0.3 is 0 Å². The average molecular weight is 169 g/mol. The third-order valence-electron chi connectivity index (χ3n) is 2.20. The van der Waals surface area contributed by atoms with Gasteiger partial charge in [-0.15, -0.1) is 0 Å². The Kier molecular flexibility index (Phi) is 1.85. The second kappa shape index (κ2) is 3.02. The molecule has 0 aliphatic rings. The van der Waals surface area contributed by atoms with E-state index in [0.717, 1.165) is 22.6 Å². The van der Waals surface area contributed by atoms with Gasteiger partial charge in [0.05, 0.1) is 0 Å². The second-order valence-corrected chi connectivity index (χ2v) is 2.97. The Balaban J connectivity index is 2.86. The van der Waals surface area contributed by atoms with Gasteiger partial charge in [-0.2, -0.15) is 0 Å². The SMILES string of the molecule is [CH2]c1c(C=O)ccc2ccccc12. The van der Waals surface area contributed by atoms with E-state index in [1.807, 2.05) is 30.3 Å². The molecule has 0 spiro atoms. The first-order chi connectivity index (χ1) is 6.33. The van der Waals surface area contributed by atoms with Crippen LogP contribution < -0.4 is 0 Å². The molecule has 0 saturated heterocycles. The van der Waals surface area contributed by atoms with E-state index in [2.05, 4.69) is 6.92 Å². The average Bonchev–Trinajstić information content (AvgIpc) is 2.19. The van der Waals surface area contributed by atoms with E-state index in [9.17, 15) is 4.79 Å². The standard InChI is InChI=1S/C12H9O/c1-9-11(8-13)7-6-10-4-2-3-5-12(9)10/h2-8H,1H2. The van der Waals surface area contributed by atoms with Gasteiger partial charge in [0.15, 0.2) is 0 Å². The third kappa shape index (κ3) is 1.22. The van der Waals surface area contributed by atoms with Crippen molar-refractivity contribution in [2.45, 2.75) is 0 Å². The number of hydrogen-bond donors (Lipinski definition) is 0. The number of carbonyl (C=O) groups excluding carboxylic acids is 1. The number of aldehydes is 1. The van der Waals surface area contributed by atoms with Crippen LogP contribution in [0.3, 0.4) is 0 Å². The second-order valence-electron chi connectivity index (χ2n) is 2.97. The highest BCUT2D eigenvalue weighted by atomic mass is 16.1. The van der Waals surface area contributed by atoms with E-state index in [1.165, 1.54) is 0 Å². The zero-order valence-electron chi connectivity index (χ0n) is 7.16. The minimum atomic E-state index is 0.665. The van der Waals surface area contributed by atoms with Gasteiger partial charge in [0, 0.05) is 5.56 Å². The van der Waals surface area contributed by atoms with Crippen molar-refractivity contribution in [2.75, 3.05) is 0 Å². The Morgan fingerprint density at radius 1 is 1.08 bits per heavy atom. The van der Waals surface area contributed by atoms with Crippen molar-refractivity contribution in [1.29, 1.82) is 0 Å². The maximum Gasteiger partial charge on any atom is 0.150 e. The Labute approximate surface area is 77.0 Å². The van der Waals surface area contributed by atoms with Crippen molar-refractivity contribution in [3.05, 3.63) is 54.4 Å². The number of carbonyl (C=O) groups is 1. The predicted octanol–water partition coefficient (Wildman–Crippen LogP) is 2.83. The van der Waals surface area contributed by atoms with E-state index >= 15 is 0 Å². The number of hydrogen-bond acceptors (Lipinski definition) is 1. The molecule has 0 aliphatic carbocycles. The molecule has 0 amide bonds. The maximum atomic E-state index is 10.6. The maximum absolute atomic E-state index is 10.6. The lowest BCUT2D eigenvalue weighted by Crippen LogP contribution is -1.87. The highest BCUT2D eigenvalue weighted by Crippen LogP contribution is 2.20. The van der Waals surface area contributed by atoms with Crippen molar-refractivity contribution >= 4 is 17.1 Å². The largest absolute Gasteiger partial charge is 0.298 e. The molecule has 0 unspecified atom stereocenters. The van der Waals surface area contributed by atoms with Crippen molar-refractivity contribution in [3.63, 3.8) is 0 Å². The quantitative estimate of drug-likeness (QED) is 0.600. The number of benzene rings is 2. The Morgan fingerprint density at radius 3 is 2.62 bits per heavy atom. The summed E-state index contributed by atoms with van der Waals surface area (Å²) in [6, 6.07) is 11.7. The fourth-order valence-electron chi connectivity index (χ4n) is 1.46. The zero-order chi connectivity index (χ0) is 9.26.